The third-order valence-corrected chi connectivity index (χ3v) is 1.45. The molecule has 0 saturated heterocycles. The van der Waals surface area contributed by atoms with Gasteiger partial charge in [-0.05, 0) is 12.1 Å². The molecule has 1 rings (SSSR count). The van der Waals surface area contributed by atoms with Crippen LogP contribution in [0.4, 0.5) is 13.2 Å². The average molecular weight is 210 g/mol. The molecule has 1 heterocycles. The number of carbonyl (C=O) groups excluding carboxylic acids is 1. The van der Waals surface area contributed by atoms with Gasteiger partial charge in [0.2, 0.25) is 0 Å². The monoisotopic (exact) mass is 209 g/mol. The van der Waals surface area contributed by atoms with E-state index in [2.05, 4.69) is 4.98 Å². The minimum atomic E-state index is -4.91. The summed E-state index contributed by atoms with van der Waals surface area (Å²) in [5.41, 5.74) is -0.694. The first-order chi connectivity index (χ1) is 5.91. The zero-order valence-electron chi connectivity index (χ0n) is 6.10. The Kier molecular flexibility index (Phi) is 2.56. The molecule has 0 fully saturated rings. The van der Waals surface area contributed by atoms with Crippen LogP contribution in [-0.2, 0) is 0 Å². The van der Waals surface area contributed by atoms with Crippen LogP contribution in [-0.4, -0.2) is 16.9 Å². The van der Waals surface area contributed by atoms with Crippen LogP contribution in [0.3, 0.4) is 0 Å². The van der Waals surface area contributed by atoms with E-state index in [1.54, 1.807) is 0 Å². The number of rotatable bonds is 1. The number of halogens is 4. The third kappa shape index (κ3) is 2.42. The van der Waals surface area contributed by atoms with Crippen LogP contribution in [0.15, 0.2) is 18.3 Å². The van der Waals surface area contributed by atoms with Crippen molar-refractivity contribution in [2.45, 2.75) is 6.18 Å². The lowest BCUT2D eigenvalue weighted by Crippen LogP contribution is -2.23. The van der Waals surface area contributed by atoms with Crippen LogP contribution in [0.25, 0.3) is 0 Å². The van der Waals surface area contributed by atoms with Gasteiger partial charge in [0.1, 0.15) is 5.69 Å². The highest BCUT2D eigenvalue weighted by Gasteiger charge is 2.40. The Bertz CT molecular complexity index is 337. The molecular formula is C7H3ClF3NO. The van der Waals surface area contributed by atoms with E-state index in [0.717, 1.165) is 12.3 Å². The molecule has 70 valence electrons. The summed E-state index contributed by atoms with van der Waals surface area (Å²) in [6, 6.07) is 2.16. The van der Waals surface area contributed by atoms with E-state index in [0.29, 0.717) is 0 Å². The highest BCUT2D eigenvalue weighted by Crippen LogP contribution is 2.21. The summed E-state index contributed by atoms with van der Waals surface area (Å²) in [7, 11) is 0. The van der Waals surface area contributed by atoms with Gasteiger partial charge >= 0.3 is 6.18 Å². The molecule has 0 aliphatic carbocycles. The molecule has 0 aromatic carbocycles. The molecule has 0 amide bonds. The summed E-state index contributed by atoms with van der Waals surface area (Å²) in [5, 5.41) is 0.0441. The van der Waals surface area contributed by atoms with Crippen LogP contribution in [0, 0.1) is 0 Å². The second-order valence-electron chi connectivity index (χ2n) is 2.19. The minimum absolute atomic E-state index is 0.0441. The van der Waals surface area contributed by atoms with Crippen molar-refractivity contribution in [1.29, 1.82) is 0 Å². The molecule has 0 aliphatic rings. The molecule has 0 bridgehead atoms. The molecule has 13 heavy (non-hydrogen) atoms. The average Bonchev–Trinajstić information content (AvgIpc) is 2.01. The fourth-order valence-corrected chi connectivity index (χ4v) is 0.834. The maximum absolute atomic E-state index is 11.8. The molecule has 0 radical (unpaired) electrons. The molecule has 6 heteroatoms. The minimum Gasteiger partial charge on any atom is -0.282 e. The van der Waals surface area contributed by atoms with Crippen molar-refractivity contribution in [2.75, 3.05) is 0 Å². The summed E-state index contributed by atoms with van der Waals surface area (Å²) < 4.78 is 35.5. The molecule has 0 atom stereocenters. The maximum atomic E-state index is 11.8. The van der Waals surface area contributed by atoms with Gasteiger partial charge in [-0.3, -0.25) is 9.78 Å². The largest absolute Gasteiger partial charge is 0.456 e. The second kappa shape index (κ2) is 3.33. The van der Waals surface area contributed by atoms with Gasteiger partial charge in [-0.2, -0.15) is 13.2 Å². The summed E-state index contributed by atoms with van der Waals surface area (Å²) in [6.07, 6.45) is -3.86. The fourth-order valence-electron chi connectivity index (χ4n) is 0.674. The van der Waals surface area contributed by atoms with E-state index >= 15 is 0 Å². The van der Waals surface area contributed by atoms with Crippen molar-refractivity contribution in [3.63, 3.8) is 0 Å². The first-order valence-electron chi connectivity index (χ1n) is 3.14. The zero-order valence-corrected chi connectivity index (χ0v) is 6.86. The number of nitrogens with zero attached hydrogens (tertiary/aromatic N) is 1. The molecule has 2 nitrogen and oxygen atoms in total. The number of Topliss-reactive ketones (excluding diaryl/α,β-unsaturated/α-hetero) is 1. The number of pyridine rings is 1. The maximum Gasteiger partial charge on any atom is 0.456 e. The number of hydrogen-bond acceptors (Lipinski definition) is 2. The predicted octanol–water partition coefficient (Wildman–Crippen LogP) is 2.48. The fraction of sp³-hybridized carbons (Fsp3) is 0.143. The van der Waals surface area contributed by atoms with Gasteiger partial charge in [0, 0.05) is 11.2 Å². The quantitative estimate of drug-likeness (QED) is 0.665. The lowest BCUT2D eigenvalue weighted by Gasteiger charge is -2.03. The smallest absolute Gasteiger partial charge is 0.282 e. The number of aromatic nitrogens is 1. The number of alkyl halides is 3. The molecule has 0 unspecified atom stereocenters. The van der Waals surface area contributed by atoms with Crippen molar-refractivity contribution in [3.8, 4) is 0 Å². The van der Waals surface area contributed by atoms with Gasteiger partial charge in [-0.15, -0.1) is 0 Å². The van der Waals surface area contributed by atoms with E-state index < -0.39 is 17.7 Å². The van der Waals surface area contributed by atoms with Crippen LogP contribution in [0.2, 0.25) is 5.02 Å². The van der Waals surface area contributed by atoms with Gasteiger partial charge in [0.15, 0.2) is 0 Å². The molecule has 0 N–H and O–H groups in total. The summed E-state index contributed by atoms with van der Waals surface area (Å²) in [6.45, 7) is 0. The summed E-state index contributed by atoms with van der Waals surface area (Å²) >= 11 is 5.38. The lowest BCUT2D eigenvalue weighted by molar-refractivity contribution is -0.0888. The number of carbonyl (C=O) groups is 1. The molecule has 1 aromatic heterocycles. The van der Waals surface area contributed by atoms with Crippen molar-refractivity contribution >= 4 is 17.4 Å². The van der Waals surface area contributed by atoms with E-state index in [1.807, 2.05) is 0 Å². The van der Waals surface area contributed by atoms with Crippen molar-refractivity contribution in [2.24, 2.45) is 0 Å². The summed E-state index contributed by atoms with van der Waals surface area (Å²) in [4.78, 5) is 13.8. The predicted molar refractivity (Wildman–Crippen MR) is 39.6 cm³/mol. The molecule has 1 aromatic rings. The lowest BCUT2D eigenvalue weighted by atomic mass is 10.2. The second-order valence-corrected chi connectivity index (χ2v) is 2.62. The van der Waals surface area contributed by atoms with Gasteiger partial charge in [0.05, 0.1) is 0 Å². The van der Waals surface area contributed by atoms with Crippen LogP contribution >= 0.6 is 11.6 Å². The Hall–Kier alpha value is -1.10. The van der Waals surface area contributed by atoms with E-state index in [1.165, 1.54) is 6.07 Å². The van der Waals surface area contributed by atoms with E-state index in [-0.39, 0.29) is 5.02 Å². The van der Waals surface area contributed by atoms with Gasteiger partial charge in [-0.1, -0.05) is 11.6 Å². The van der Waals surface area contributed by atoms with Crippen LogP contribution in [0.5, 0.6) is 0 Å². The highest BCUT2D eigenvalue weighted by molar-refractivity contribution is 6.30. The number of hydrogen-bond donors (Lipinski definition) is 0. The first-order valence-corrected chi connectivity index (χ1v) is 3.52. The Balaban J connectivity index is 3.03. The van der Waals surface area contributed by atoms with Gasteiger partial charge < -0.3 is 0 Å². The molecule has 0 spiro atoms. The topological polar surface area (TPSA) is 30.0 Å². The Morgan fingerprint density at radius 1 is 1.46 bits per heavy atom. The standard InChI is InChI=1S/C7H3ClF3NO/c8-4-1-2-12-5(3-4)6(13)7(9,10)11/h1-3H. The van der Waals surface area contributed by atoms with E-state index in [9.17, 15) is 18.0 Å². The highest BCUT2D eigenvalue weighted by atomic mass is 35.5. The Labute approximate surface area is 76.3 Å². The third-order valence-electron chi connectivity index (χ3n) is 1.21. The normalized spacial score (nSPS) is 11.4. The first kappa shape index (κ1) is 9.98. The zero-order chi connectivity index (χ0) is 10.1. The molecular weight excluding hydrogens is 207 g/mol. The van der Waals surface area contributed by atoms with Gasteiger partial charge in [-0.25, -0.2) is 0 Å². The number of ketones is 1. The Morgan fingerprint density at radius 2 is 2.08 bits per heavy atom. The van der Waals surface area contributed by atoms with E-state index in [4.69, 9.17) is 11.6 Å². The molecule has 0 saturated carbocycles. The Morgan fingerprint density at radius 3 is 2.54 bits per heavy atom. The van der Waals surface area contributed by atoms with Crippen molar-refractivity contribution in [3.05, 3.63) is 29.0 Å². The van der Waals surface area contributed by atoms with Crippen molar-refractivity contribution in [1.82, 2.24) is 4.98 Å². The summed E-state index contributed by atoms with van der Waals surface area (Å²) in [5.74, 6) is -1.99. The SMILES string of the molecule is O=C(c1cc(Cl)ccn1)C(F)(F)F. The van der Waals surface area contributed by atoms with Crippen molar-refractivity contribution < 1.29 is 18.0 Å². The molecule has 0 aliphatic heterocycles. The van der Waals surface area contributed by atoms with Gasteiger partial charge in [0.25, 0.3) is 5.78 Å². The van der Waals surface area contributed by atoms with Crippen LogP contribution < -0.4 is 0 Å². The van der Waals surface area contributed by atoms with Crippen LogP contribution in [0.1, 0.15) is 10.5 Å².